The van der Waals surface area contributed by atoms with Crippen LogP contribution in [-0.2, 0) is 19.1 Å². The van der Waals surface area contributed by atoms with Crippen LogP contribution in [0.3, 0.4) is 0 Å². The first-order valence-corrected chi connectivity index (χ1v) is 9.12. The summed E-state index contributed by atoms with van der Waals surface area (Å²) in [5.41, 5.74) is 0. The van der Waals surface area contributed by atoms with Crippen LogP contribution in [0.4, 0.5) is 0 Å². The van der Waals surface area contributed by atoms with Gasteiger partial charge in [0.2, 0.25) is 0 Å². The molecular formula is C19H32O4. The van der Waals surface area contributed by atoms with E-state index < -0.39 is 11.8 Å². The van der Waals surface area contributed by atoms with Gasteiger partial charge in [0.05, 0.1) is 25.0 Å². The molecule has 23 heavy (non-hydrogen) atoms. The Morgan fingerprint density at radius 1 is 1.00 bits per heavy atom. The second kappa shape index (κ2) is 11.3. The van der Waals surface area contributed by atoms with E-state index in [1.807, 2.05) is 19.1 Å². The van der Waals surface area contributed by atoms with Gasteiger partial charge < -0.3 is 9.47 Å². The van der Waals surface area contributed by atoms with E-state index in [9.17, 15) is 9.59 Å². The highest BCUT2D eigenvalue weighted by atomic mass is 16.5. The van der Waals surface area contributed by atoms with Gasteiger partial charge in [-0.2, -0.15) is 0 Å². The molecule has 0 radical (unpaired) electrons. The van der Waals surface area contributed by atoms with Crippen molar-refractivity contribution in [3.63, 3.8) is 0 Å². The summed E-state index contributed by atoms with van der Waals surface area (Å²) in [7, 11) is 0. The topological polar surface area (TPSA) is 52.6 Å². The van der Waals surface area contributed by atoms with Crippen molar-refractivity contribution in [2.45, 2.75) is 65.7 Å². The van der Waals surface area contributed by atoms with Gasteiger partial charge in [-0.3, -0.25) is 9.59 Å². The van der Waals surface area contributed by atoms with Gasteiger partial charge in [0.15, 0.2) is 0 Å². The molecule has 3 unspecified atom stereocenters. The molecule has 0 N–H and O–H groups in total. The fourth-order valence-corrected chi connectivity index (χ4v) is 2.85. The Bertz CT molecular complexity index is 389. The fraction of sp³-hybridized carbons (Fsp3) is 0.789. The van der Waals surface area contributed by atoms with Crippen LogP contribution in [0.2, 0.25) is 0 Å². The van der Waals surface area contributed by atoms with E-state index in [1.54, 1.807) is 0 Å². The monoisotopic (exact) mass is 324 g/mol. The molecule has 0 aromatic rings. The van der Waals surface area contributed by atoms with Crippen molar-refractivity contribution in [2.75, 3.05) is 13.2 Å². The van der Waals surface area contributed by atoms with Crippen LogP contribution in [0.1, 0.15) is 65.7 Å². The molecule has 4 heteroatoms. The molecule has 0 saturated carbocycles. The predicted molar refractivity (Wildman–Crippen MR) is 90.9 cm³/mol. The molecule has 0 heterocycles. The second-order valence-electron chi connectivity index (χ2n) is 6.37. The zero-order valence-corrected chi connectivity index (χ0v) is 14.9. The van der Waals surface area contributed by atoms with Crippen molar-refractivity contribution in [2.24, 2.45) is 17.8 Å². The number of allylic oxidation sites excluding steroid dienone is 2. The smallest absolute Gasteiger partial charge is 0.310 e. The minimum Gasteiger partial charge on any atom is -0.465 e. The van der Waals surface area contributed by atoms with Crippen LogP contribution in [0, 0.1) is 17.8 Å². The average molecular weight is 324 g/mol. The average Bonchev–Trinajstić information content (AvgIpc) is 2.59. The van der Waals surface area contributed by atoms with Crippen molar-refractivity contribution >= 4 is 11.9 Å². The van der Waals surface area contributed by atoms with Crippen molar-refractivity contribution in [3.05, 3.63) is 12.2 Å². The Morgan fingerprint density at radius 2 is 1.61 bits per heavy atom. The Kier molecular flexibility index (Phi) is 9.65. The Morgan fingerprint density at radius 3 is 2.13 bits per heavy atom. The van der Waals surface area contributed by atoms with Gasteiger partial charge in [-0.25, -0.2) is 0 Å². The van der Waals surface area contributed by atoms with E-state index in [-0.39, 0.29) is 11.9 Å². The number of carbonyl (C=O) groups is 2. The summed E-state index contributed by atoms with van der Waals surface area (Å²) >= 11 is 0. The molecule has 1 rings (SSSR count). The van der Waals surface area contributed by atoms with Gasteiger partial charge in [-0.1, -0.05) is 52.2 Å². The van der Waals surface area contributed by atoms with Crippen molar-refractivity contribution in [3.8, 4) is 0 Å². The van der Waals surface area contributed by atoms with Crippen LogP contribution in [0.25, 0.3) is 0 Å². The van der Waals surface area contributed by atoms with Crippen molar-refractivity contribution in [1.82, 2.24) is 0 Å². The van der Waals surface area contributed by atoms with Gasteiger partial charge in [0, 0.05) is 0 Å². The SMILES string of the molecule is CCCCC(CC)COC(=O)C1CC=CCC1C(=O)OCCC. The van der Waals surface area contributed by atoms with Gasteiger partial charge in [0.1, 0.15) is 0 Å². The maximum Gasteiger partial charge on any atom is 0.310 e. The maximum atomic E-state index is 12.4. The summed E-state index contributed by atoms with van der Waals surface area (Å²) in [4.78, 5) is 24.6. The lowest BCUT2D eigenvalue weighted by atomic mass is 9.83. The van der Waals surface area contributed by atoms with Gasteiger partial charge >= 0.3 is 11.9 Å². The van der Waals surface area contributed by atoms with Crippen LogP contribution in [0.15, 0.2) is 12.2 Å². The first-order chi connectivity index (χ1) is 11.1. The van der Waals surface area contributed by atoms with E-state index in [4.69, 9.17) is 9.47 Å². The van der Waals surface area contributed by atoms with E-state index in [1.165, 1.54) is 0 Å². The molecule has 1 aliphatic carbocycles. The highest BCUT2D eigenvalue weighted by molar-refractivity contribution is 5.82. The molecule has 0 amide bonds. The van der Waals surface area contributed by atoms with Gasteiger partial charge in [-0.15, -0.1) is 0 Å². The highest BCUT2D eigenvalue weighted by Crippen LogP contribution is 2.28. The van der Waals surface area contributed by atoms with Gasteiger partial charge in [-0.05, 0) is 31.6 Å². The lowest BCUT2D eigenvalue weighted by Crippen LogP contribution is -2.34. The number of hydrogen-bond donors (Lipinski definition) is 0. The summed E-state index contributed by atoms with van der Waals surface area (Å²) in [6.07, 6.45) is 10.3. The largest absolute Gasteiger partial charge is 0.465 e. The summed E-state index contributed by atoms with van der Waals surface area (Å²) < 4.78 is 10.8. The van der Waals surface area contributed by atoms with E-state index in [0.717, 1.165) is 32.1 Å². The fourth-order valence-electron chi connectivity index (χ4n) is 2.85. The van der Waals surface area contributed by atoms with E-state index >= 15 is 0 Å². The first-order valence-electron chi connectivity index (χ1n) is 9.12. The molecule has 0 aromatic carbocycles. The molecule has 0 spiro atoms. The van der Waals surface area contributed by atoms with Crippen LogP contribution >= 0.6 is 0 Å². The number of unbranched alkanes of at least 4 members (excludes halogenated alkanes) is 1. The molecule has 1 aliphatic rings. The van der Waals surface area contributed by atoms with Gasteiger partial charge in [0.25, 0.3) is 0 Å². The first kappa shape index (κ1) is 19.7. The summed E-state index contributed by atoms with van der Waals surface area (Å²) in [6.45, 7) is 7.13. The summed E-state index contributed by atoms with van der Waals surface area (Å²) in [5, 5.41) is 0. The van der Waals surface area contributed by atoms with Crippen LogP contribution in [-0.4, -0.2) is 25.2 Å². The highest BCUT2D eigenvalue weighted by Gasteiger charge is 2.36. The van der Waals surface area contributed by atoms with E-state index in [2.05, 4.69) is 13.8 Å². The molecule has 0 bridgehead atoms. The number of hydrogen-bond acceptors (Lipinski definition) is 4. The van der Waals surface area contributed by atoms with Crippen molar-refractivity contribution < 1.29 is 19.1 Å². The molecule has 0 aliphatic heterocycles. The third kappa shape index (κ3) is 6.76. The van der Waals surface area contributed by atoms with Crippen molar-refractivity contribution in [1.29, 1.82) is 0 Å². The summed E-state index contributed by atoms with van der Waals surface area (Å²) in [6, 6.07) is 0. The van der Waals surface area contributed by atoms with E-state index in [0.29, 0.717) is 32.0 Å². The molecule has 132 valence electrons. The number of carbonyl (C=O) groups excluding carboxylic acids is 2. The Labute approximate surface area is 140 Å². The third-order valence-corrected chi connectivity index (χ3v) is 4.49. The quantitative estimate of drug-likeness (QED) is 0.444. The lowest BCUT2D eigenvalue weighted by Gasteiger charge is -2.26. The molecule has 0 saturated heterocycles. The molecule has 4 nitrogen and oxygen atoms in total. The number of esters is 2. The lowest BCUT2D eigenvalue weighted by molar-refractivity contribution is -0.161. The second-order valence-corrected chi connectivity index (χ2v) is 6.37. The molecule has 3 atom stereocenters. The standard InChI is InChI=1S/C19H32O4/c1-4-7-10-15(6-3)14-23-19(21)17-12-9-8-11-16(17)18(20)22-13-5-2/h8-9,15-17H,4-7,10-14H2,1-3H3. The number of rotatable bonds is 10. The number of ether oxygens (including phenoxy) is 2. The van der Waals surface area contributed by atoms with Crippen LogP contribution < -0.4 is 0 Å². The van der Waals surface area contributed by atoms with Crippen LogP contribution in [0.5, 0.6) is 0 Å². The Hall–Kier alpha value is -1.32. The minimum absolute atomic E-state index is 0.247. The maximum absolute atomic E-state index is 12.4. The molecule has 0 fully saturated rings. The summed E-state index contributed by atoms with van der Waals surface area (Å²) in [5.74, 6) is -0.884. The minimum atomic E-state index is -0.395. The molecule has 0 aromatic heterocycles. The molecular weight excluding hydrogens is 292 g/mol. The normalized spacial score (nSPS) is 21.7. The zero-order valence-electron chi connectivity index (χ0n) is 14.9. The third-order valence-electron chi connectivity index (χ3n) is 4.49. The predicted octanol–water partition coefficient (Wildman–Crippen LogP) is 4.28. The Balaban J connectivity index is 2.54. The zero-order chi connectivity index (χ0) is 17.1.